The molecule has 1 fully saturated rings. The van der Waals surface area contributed by atoms with Gasteiger partial charge in [-0.1, -0.05) is 23.7 Å². The summed E-state index contributed by atoms with van der Waals surface area (Å²) in [6, 6.07) is 9.19. The molecule has 8 heteroatoms. The molecule has 0 aliphatic carbocycles. The van der Waals surface area contributed by atoms with E-state index in [4.69, 9.17) is 16.3 Å². The number of nitrogens with zero attached hydrogens (tertiary/aromatic N) is 1. The molecule has 1 atom stereocenters. The molecule has 6 nitrogen and oxygen atoms in total. The minimum atomic E-state index is -0.648. The van der Waals surface area contributed by atoms with Crippen molar-refractivity contribution in [1.82, 2.24) is 0 Å². The Balaban J connectivity index is 1.56. The molecule has 2 aromatic carbocycles. The first-order chi connectivity index (χ1) is 13.8. The van der Waals surface area contributed by atoms with Gasteiger partial charge in [0, 0.05) is 18.7 Å². The van der Waals surface area contributed by atoms with Gasteiger partial charge in [0.15, 0.2) is 6.61 Å². The van der Waals surface area contributed by atoms with Gasteiger partial charge in [0.1, 0.15) is 5.82 Å². The highest BCUT2D eigenvalue weighted by Crippen LogP contribution is 2.30. The largest absolute Gasteiger partial charge is 0.455 e. The number of amides is 2. The normalized spacial score (nSPS) is 16.1. The van der Waals surface area contributed by atoms with E-state index in [-0.39, 0.29) is 29.6 Å². The fraction of sp³-hybridized carbons (Fsp3) is 0.286. The number of rotatable bonds is 5. The second-order valence-electron chi connectivity index (χ2n) is 6.90. The number of nitrogens with one attached hydrogen (secondary N) is 1. The number of benzene rings is 2. The number of carbonyl (C=O) groups is 3. The fourth-order valence-corrected chi connectivity index (χ4v) is 3.37. The number of aryl methyl sites for hydroxylation is 1. The molecule has 2 aromatic rings. The van der Waals surface area contributed by atoms with E-state index in [2.05, 4.69) is 5.32 Å². The molecule has 0 bridgehead atoms. The summed E-state index contributed by atoms with van der Waals surface area (Å²) in [5.41, 5.74) is 3.02. The van der Waals surface area contributed by atoms with Crippen molar-refractivity contribution < 1.29 is 23.5 Å². The van der Waals surface area contributed by atoms with Gasteiger partial charge < -0.3 is 15.0 Å². The van der Waals surface area contributed by atoms with Crippen LogP contribution in [-0.2, 0) is 19.1 Å². The Hall–Kier alpha value is -2.93. The van der Waals surface area contributed by atoms with E-state index in [1.165, 1.54) is 6.07 Å². The minimum Gasteiger partial charge on any atom is -0.455 e. The lowest BCUT2D eigenvalue weighted by Crippen LogP contribution is -2.28. The van der Waals surface area contributed by atoms with E-state index >= 15 is 0 Å². The van der Waals surface area contributed by atoms with E-state index in [0.717, 1.165) is 28.9 Å². The number of esters is 1. The molecule has 1 aliphatic heterocycles. The van der Waals surface area contributed by atoms with Gasteiger partial charge in [0.25, 0.3) is 5.91 Å². The zero-order valence-corrected chi connectivity index (χ0v) is 16.8. The fourth-order valence-electron chi connectivity index (χ4n) is 3.16. The molecule has 3 rings (SSSR count). The van der Waals surface area contributed by atoms with Crippen LogP contribution in [0.5, 0.6) is 0 Å². The summed E-state index contributed by atoms with van der Waals surface area (Å²) in [5, 5.41) is 2.49. The zero-order chi connectivity index (χ0) is 21.1. The number of carbonyl (C=O) groups excluding carboxylic acids is 3. The van der Waals surface area contributed by atoms with Crippen LogP contribution in [0.1, 0.15) is 17.5 Å². The maximum atomic E-state index is 13.0. The number of hydrogen-bond acceptors (Lipinski definition) is 4. The molecule has 1 N–H and O–H groups in total. The Morgan fingerprint density at radius 1 is 1.28 bits per heavy atom. The van der Waals surface area contributed by atoms with Crippen molar-refractivity contribution in [2.75, 3.05) is 23.4 Å². The van der Waals surface area contributed by atoms with Crippen LogP contribution < -0.4 is 10.2 Å². The molecule has 0 radical (unpaired) electrons. The second kappa shape index (κ2) is 8.61. The van der Waals surface area contributed by atoms with Crippen LogP contribution in [0.3, 0.4) is 0 Å². The lowest BCUT2D eigenvalue weighted by atomic mass is 10.1. The summed E-state index contributed by atoms with van der Waals surface area (Å²) in [7, 11) is 0. The maximum absolute atomic E-state index is 13.0. The van der Waals surface area contributed by atoms with Crippen LogP contribution in [-0.4, -0.2) is 30.9 Å². The molecule has 1 heterocycles. The smallest absolute Gasteiger partial charge is 0.311 e. The average molecular weight is 419 g/mol. The van der Waals surface area contributed by atoms with Gasteiger partial charge in [0.2, 0.25) is 5.91 Å². The highest BCUT2D eigenvalue weighted by atomic mass is 35.5. The Morgan fingerprint density at radius 2 is 2.03 bits per heavy atom. The van der Waals surface area contributed by atoms with Crippen LogP contribution in [0.25, 0.3) is 0 Å². The second-order valence-corrected chi connectivity index (χ2v) is 7.31. The van der Waals surface area contributed by atoms with Gasteiger partial charge in [-0.2, -0.15) is 0 Å². The van der Waals surface area contributed by atoms with Gasteiger partial charge in [-0.15, -0.1) is 0 Å². The lowest BCUT2D eigenvalue weighted by molar-refractivity contribution is -0.151. The van der Waals surface area contributed by atoms with Gasteiger partial charge in [0.05, 0.1) is 16.6 Å². The molecule has 29 heavy (non-hydrogen) atoms. The van der Waals surface area contributed by atoms with Crippen LogP contribution in [0.15, 0.2) is 36.4 Å². The van der Waals surface area contributed by atoms with Gasteiger partial charge >= 0.3 is 5.97 Å². The summed E-state index contributed by atoms with van der Waals surface area (Å²) in [5.74, 6) is -2.57. The number of ether oxygens (including phenoxy) is 1. The number of halogens is 2. The molecule has 2 amide bonds. The standard InChI is InChI=1S/C21H20ClFN2O4/c1-12-4-3-5-18(13(12)2)25-10-14(8-20(25)27)21(28)29-11-19(26)24-17-7-6-15(23)9-16(17)22/h3-7,9,14H,8,10-11H2,1-2H3,(H,24,26)/t14-/m0/s1. The van der Waals surface area contributed by atoms with E-state index in [1.54, 1.807) is 4.90 Å². The average Bonchev–Trinajstić information content (AvgIpc) is 3.06. The molecule has 0 saturated carbocycles. The van der Waals surface area contributed by atoms with Crippen LogP contribution >= 0.6 is 11.6 Å². The Kier molecular flexibility index (Phi) is 6.17. The van der Waals surface area contributed by atoms with Crippen molar-refractivity contribution in [3.63, 3.8) is 0 Å². The predicted octanol–water partition coefficient (Wildman–Crippen LogP) is 3.63. The van der Waals surface area contributed by atoms with Crippen molar-refractivity contribution in [1.29, 1.82) is 0 Å². The van der Waals surface area contributed by atoms with Gasteiger partial charge in [-0.05, 0) is 49.2 Å². The first-order valence-corrected chi connectivity index (χ1v) is 9.42. The first kappa shape index (κ1) is 20.8. The topological polar surface area (TPSA) is 75.7 Å². The minimum absolute atomic E-state index is 0.0254. The van der Waals surface area contributed by atoms with Crippen molar-refractivity contribution in [3.05, 3.63) is 58.4 Å². The van der Waals surface area contributed by atoms with Gasteiger partial charge in [-0.3, -0.25) is 14.4 Å². The van der Waals surface area contributed by atoms with E-state index in [9.17, 15) is 18.8 Å². The van der Waals surface area contributed by atoms with Crippen molar-refractivity contribution in [3.8, 4) is 0 Å². The van der Waals surface area contributed by atoms with Crippen LogP contribution in [0.2, 0.25) is 5.02 Å². The molecule has 1 saturated heterocycles. The Labute approximate surface area is 172 Å². The number of hydrogen-bond donors (Lipinski definition) is 1. The van der Waals surface area contributed by atoms with Crippen LogP contribution in [0.4, 0.5) is 15.8 Å². The monoisotopic (exact) mass is 418 g/mol. The predicted molar refractivity (Wildman–Crippen MR) is 107 cm³/mol. The summed E-state index contributed by atoms with van der Waals surface area (Å²) in [4.78, 5) is 38.3. The van der Waals surface area contributed by atoms with E-state index in [1.807, 2.05) is 32.0 Å². The molecule has 0 unspecified atom stereocenters. The SMILES string of the molecule is Cc1cccc(N2C[C@@H](C(=O)OCC(=O)Nc3ccc(F)cc3Cl)CC2=O)c1C. The Morgan fingerprint density at radius 3 is 2.76 bits per heavy atom. The van der Waals surface area contributed by atoms with Crippen molar-refractivity contribution >= 4 is 40.8 Å². The highest BCUT2D eigenvalue weighted by Gasteiger charge is 2.37. The summed E-state index contributed by atoms with van der Waals surface area (Å²) < 4.78 is 18.1. The first-order valence-electron chi connectivity index (χ1n) is 9.04. The maximum Gasteiger partial charge on any atom is 0.311 e. The third-order valence-electron chi connectivity index (χ3n) is 4.88. The third-order valence-corrected chi connectivity index (χ3v) is 5.19. The molecule has 0 aromatic heterocycles. The molecule has 1 aliphatic rings. The van der Waals surface area contributed by atoms with Crippen molar-refractivity contribution in [2.24, 2.45) is 5.92 Å². The van der Waals surface area contributed by atoms with E-state index < -0.39 is 30.2 Å². The summed E-state index contributed by atoms with van der Waals surface area (Å²) in [6.45, 7) is 3.56. The summed E-state index contributed by atoms with van der Waals surface area (Å²) in [6.07, 6.45) is 0.0254. The summed E-state index contributed by atoms with van der Waals surface area (Å²) >= 11 is 5.85. The van der Waals surface area contributed by atoms with Crippen LogP contribution in [0, 0.1) is 25.6 Å². The molecular formula is C21H20ClFN2O4. The quantitative estimate of drug-likeness (QED) is 0.752. The third kappa shape index (κ3) is 4.74. The molecule has 0 spiro atoms. The Bertz CT molecular complexity index is 979. The molecular weight excluding hydrogens is 399 g/mol. The van der Waals surface area contributed by atoms with E-state index in [0.29, 0.717) is 0 Å². The van der Waals surface area contributed by atoms with Crippen molar-refractivity contribution in [2.45, 2.75) is 20.3 Å². The molecule has 152 valence electrons. The van der Waals surface area contributed by atoms with Gasteiger partial charge in [-0.25, -0.2) is 4.39 Å². The number of anilines is 2. The zero-order valence-electron chi connectivity index (χ0n) is 16.0. The lowest BCUT2D eigenvalue weighted by Gasteiger charge is -2.20. The highest BCUT2D eigenvalue weighted by molar-refractivity contribution is 6.33.